The molecule has 0 aliphatic carbocycles. The van der Waals surface area contributed by atoms with Crippen molar-refractivity contribution in [1.82, 2.24) is 4.90 Å². The third-order valence-electron chi connectivity index (χ3n) is 3.13. The van der Waals surface area contributed by atoms with Crippen LogP contribution in [0.2, 0.25) is 0 Å². The van der Waals surface area contributed by atoms with Crippen molar-refractivity contribution in [2.45, 2.75) is 37.3 Å². The molecule has 3 nitrogen and oxygen atoms in total. The molecule has 2 fully saturated rings. The van der Waals surface area contributed by atoms with Crippen LogP contribution >= 0.6 is 0 Å². The molecule has 0 saturated carbocycles. The summed E-state index contributed by atoms with van der Waals surface area (Å²) in [6.45, 7) is 1.93. The maximum absolute atomic E-state index is 8.90. The van der Waals surface area contributed by atoms with Gasteiger partial charge in [-0.15, -0.1) is 0 Å². The number of nitriles is 1. The molecule has 0 aromatic carbocycles. The summed E-state index contributed by atoms with van der Waals surface area (Å²) in [6.07, 6.45) is 4.53. The standard InChI is InChI=1S/C9H15N3/c10-6-9(11)4-1-2-8-3-5-12(8)7-9/h8H,1-5,7,11H2. The monoisotopic (exact) mass is 165 g/mol. The Hall–Kier alpha value is -0.590. The van der Waals surface area contributed by atoms with Crippen molar-refractivity contribution in [3.63, 3.8) is 0 Å². The molecule has 2 aliphatic heterocycles. The summed E-state index contributed by atoms with van der Waals surface area (Å²) in [5.41, 5.74) is 5.38. The number of fused-ring (bicyclic) bond motifs is 1. The molecule has 3 heteroatoms. The van der Waals surface area contributed by atoms with Gasteiger partial charge in [0.2, 0.25) is 0 Å². The van der Waals surface area contributed by atoms with E-state index in [4.69, 9.17) is 11.0 Å². The average Bonchev–Trinajstić information content (AvgIpc) is 2.15. The van der Waals surface area contributed by atoms with Gasteiger partial charge in [0.15, 0.2) is 0 Å². The van der Waals surface area contributed by atoms with Crippen LogP contribution in [0.3, 0.4) is 0 Å². The lowest BCUT2D eigenvalue weighted by atomic mass is 9.97. The van der Waals surface area contributed by atoms with Gasteiger partial charge in [0.05, 0.1) is 6.07 Å². The van der Waals surface area contributed by atoms with E-state index in [0.29, 0.717) is 0 Å². The van der Waals surface area contributed by atoms with E-state index in [-0.39, 0.29) is 0 Å². The van der Waals surface area contributed by atoms with Gasteiger partial charge >= 0.3 is 0 Å². The molecule has 2 unspecified atom stereocenters. The second-order valence-electron chi connectivity index (χ2n) is 4.07. The zero-order valence-electron chi connectivity index (χ0n) is 7.29. The molecule has 2 heterocycles. The fourth-order valence-electron chi connectivity index (χ4n) is 2.22. The zero-order valence-corrected chi connectivity index (χ0v) is 7.29. The second kappa shape index (κ2) is 2.72. The van der Waals surface area contributed by atoms with E-state index in [0.717, 1.165) is 32.0 Å². The van der Waals surface area contributed by atoms with Crippen LogP contribution in [0.5, 0.6) is 0 Å². The summed E-state index contributed by atoms with van der Waals surface area (Å²) < 4.78 is 0. The van der Waals surface area contributed by atoms with E-state index >= 15 is 0 Å². The molecular formula is C9H15N3. The summed E-state index contributed by atoms with van der Waals surface area (Å²) >= 11 is 0. The maximum atomic E-state index is 8.90. The summed E-state index contributed by atoms with van der Waals surface area (Å²) in [4.78, 5) is 2.36. The Morgan fingerprint density at radius 1 is 1.50 bits per heavy atom. The first kappa shape index (κ1) is 8.03. The highest BCUT2D eigenvalue weighted by Gasteiger charge is 2.38. The first-order valence-electron chi connectivity index (χ1n) is 4.68. The van der Waals surface area contributed by atoms with Crippen LogP contribution in [0.15, 0.2) is 0 Å². The van der Waals surface area contributed by atoms with Gasteiger partial charge in [0.1, 0.15) is 5.54 Å². The van der Waals surface area contributed by atoms with Gasteiger partial charge in [-0.05, 0) is 25.7 Å². The van der Waals surface area contributed by atoms with Crippen LogP contribution in [-0.2, 0) is 0 Å². The van der Waals surface area contributed by atoms with Crippen molar-refractivity contribution >= 4 is 0 Å². The zero-order chi connectivity index (χ0) is 8.60. The number of nitrogens with two attached hydrogens (primary N) is 1. The van der Waals surface area contributed by atoms with Gasteiger partial charge in [0.25, 0.3) is 0 Å². The van der Waals surface area contributed by atoms with Crippen molar-refractivity contribution < 1.29 is 0 Å². The fraction of sp³-hybridized carbons (Fsp3) is 0.889. The molecule has 2 rings (SSSR count). The highest BCUT2D eigenvalue weighted by atomic mass is 15.2. The van der Waals surface area contributed by atoms with Crippen molar-refractivity contribution in [2.24, 2.45) is 5.73 Å². The molecule has 2 N–H and O–H groups in total. The Balaban J connectivity index is 2.07. The quantitative estimate of drug-likeness (QED) is 0.567. The maximum Gasteiger partial charge on any atom is 0.117 e. The normalized spacial score (nSPS) is 42.2. The summed E-state index contributed by atoms with van der Waals surface area (Å²) in [6, 6.07) is 2.98. The third-order valence-corrected chi connectivity index (χ3v) is 3.13. The predicted octanol–water partition coefficient (Wildman–Crippen LogP) is 0.466. The van der Waals surface area contributed by atoms with E-state index in [1.807, 2.05) is 0 Å². The number of rotatable bonds is 0. The van der Waals surface area contributed by atoms with E-state index in [1.165, 1.54) is 12.8 Å². The van der Waals surface area contributed by atoms with E-state index in [1.54, 1.807) is 0 Å². The lowest BCUT2D eigenvalue weighted by molar-refractivity contribution is 0.0830. The smallest absolute Gasteiger partial charge is 0.117 e. The van der Waals surface area contributed by atoms with Gasteiger partial charge in [-0.3, -0.25) is 4.90 Å². The Kier molecular flexibility index (Phi) is 1.82. The number of hydrogen-bond donors (Lipinski definition) is 1. The van der Waals surface area contributed by atoms with Gasteiger partial charge in [-0.1, -0.05) is 0 Å². The Bertz CT molecular complexity index is 220. The SMILES string of the molecule is N#CC1(N)CCCC2CCN2C1. The Morgan fingerprint density at radius 2 is 2.33 bits per heavy atom. The van der Waals surface area contributed by atoms with Crippen LogP contribution in [0.25, 0.3) is 0 Å². The summed E-state index contributed by atoms with van der Waals surface area (Å²) in [7, 11) is 0. The van der Waals surface area contributed by atoms with Crippen molar-refractivity contribution in [2.75, 3.05) is 13.1 Å². The predicted molar refractivity (Wildman–Crippen MR) is 46.4 cm³/mol. The van der Waals surface area contributed by atoms with Crippen LogP contribution in [-0.4, -0.2) is 29.6 Å². The minimum atomic E-state index is -0.560. The lowest BCUT2D eigenvalue weighted by Gasteiger charge is -2.41. The van der Waals surface area contributed by atoms with Gasteiger partial charge in [0, 0.05) is 19.1 Å². The van der Waals surface area contributed by atoms with Crippen molar-refractivity contribution in [3.8, 4) is 6.07 Å². The summed E-state index contributed by atoms with van der Waals surface area (Å²) in [5.74, 6) is 0. The highest BCUT2D eigenvalue weighted by Crippen LogP contribution is 2.29. The van der Waals surface area contributed by atoms with E-state index in [2.05, 4.69) is 11.0 Å². The molecule has 0 amide bonds. The van der Waals surface area contributed by atoms with Crippen molar-refractivity contribution in [3.05, 3.63) is 0 Å². The molecule has 2 saturated heterocycles. The molecule has 0 aromatic rings. The van der Waals surface area contributed by atoms with Gasteiger partial charge in [-0.2, -0.15) is 5.26 Å². The molecule has 0 aromatic heterocycles. The molecule has 0 bridgehead atoms. The molecule has 12 heavy (non-hydrogen) atoms. The minimum absolute atomic E-state index is 0.560. The van der Waals surface area contributed by atoms with E-state index < -0.39 is 5.54 Å². The lowest BCUT2D eigenvalue weighted by Crippen LogP contribution is -2.55. The van der Waals surface area contributed by atoms with Crippen LogP contribution < -0.4 is 5.73 Å². The average molecular weight is 165 g/mol. The van der Waals surface area contributed by atoms with Gasteiger partial charge in [-0.25, -0.2) is 0 Å². The van der Waals surface area contributed by atoms with Crippen LogP contribution in [0.1, 0.15) is 25.7 Å². The molecule has 2 aliphatic rings. The van der Waals surface area contributed by atoms with Crippen LogP contribution in [0.4, 0.5) is 0 Å². The van der Waals surface area contributed by atoms with E-state index in [9.17, 15) is 0 Å². The third kappa shape index (κ3) is 1.21. The van der Waals surface area contributed by atoms with Crippen molar-refractivity contribution in [1.29, 1.82) is 5.26 Å². The van der Waals surface area contributed by atoms with Gasteiger partial charge < -0.3 is 5.73 Å². The molecule has 0 spiro atoms. The largest absolute Gasteiger partial charge is 0.312 e. The molecule has 66 valence electrons. The number of nitrogens with zero attached hydrogens (tertiary/aromatic N) is 2. The molecule has 0 radical (unpaired) electrons. The fourth-order valence-corrected chi connectivity index (χ4v) is 2.22. The number of hydrogen-bond acceptors (Lipinski definition) is 3. The first-order valence-corrected chi connectivity index (χ1v) is 4.68. The second-order valence-corrected chi connectivity index (χ2v) is 4.07. The minimum Gasteiger partial charge on any atom is -0.312 e. The molecule has 2 atom stereocenters. The Morgan fingerprint density at radius 3 is 2.92 bits per heavy atom. The van der Waals surface area contributed by atoms with Crippen LogP contribution in [0, 0.1) is 11.3 Å². The molecular weight excluding hydrogens is 150 g/mol. The Labute approximate surface area is 73.1 Å². The highest BCUT2D eigenvalue weighted by molar-refractivity contribution is 5.09. The summed E-state index contributed by atoms with van der Waals surface area (Å²) in [5, 5.41) is 8.90. The topological polar surface area (TPSA) is 53.1 Å². The first-order chi connectivity index (χ1) is 5.73.